The lowest BCUT2D eigenvalue weighted by Gasteiger charge is -2.24. The molecule has 2 heterocycles. The van der Waals surface area contributed by atoms with Gasteiger partial charge >= 0.3 is 16.5 Å². The molecule has 0 radical (unpaired) electrons. The predicted molar refractivity (Wildman–Crippen MR) is 71.5 cm³/mol. The van der Waals surface area contributed by atoms with E-state index in [1.54, 1.807) is 0 Å². The molecule has 0 aromatic carbocycles. The zero-order valence-corrected chi connectivity index (χ0v) is 12.8. The average molecular weight is 239 g/mol. The van der Waals surface area contributed by atoms with Crippen molar-refractivity contribution in [3.05, 3.63) is 0 Å². The zero-order chi connectivity index (χ0) is 11.2. The molecule has 0 bridgehead atoms. The van der Waals surface area contributed by atoms with E-state index in [1.807, 2.05) is 0 Å². The van der Waals surface area contributed by atoms with Gasteiger partial charge in [-0.2, -0.15) is 0 Å². The normalized spacial score (nSPS) is 23.6. The highest BCUT2D eigenvalue weighted by Crippen LogP contribution is 2.07. The summed E-state index contributed by atoms with van der Waals surface area (Å²) in [4.78, 5) is 5.25. The maximum Gasteiger partial charge on any atom is 0.321 e. The molecule has 0 saturated carbocycles. The van der Waals surface area contributed by atoms with E-state index in [9.17, 15) is 0 Å². The van der Waals surface area contributed by atoms with E-state index in [0.29, 0.717) is 0 Å². The Morgan fingerprint density at radius 2 is 1.12 bits per heavy atom. The smallest absolute Gasteiger partial charge is 0.321 e. The van der Waals surface area contributed by atoms with Crippen LogP contribution in [-0.4, -0.2) is 82.6 Å². The summed E-state index contributed by atoms with van der Waals surface area (Å²) in [6, 6.07) is 0. The highest BCUT2D eigenvalue weighted by atomic mass is 27.1. The Bertz CT molecular complexity index is 169. The molecule has 2 fully saturated rings. The van der Waals surface area contributed by atoms with Gasteiger partial charge in [-0.1, -0.05) is 0 Å². The Kier molecular flexibility index (Phi) is 5.61. The first-order chi connectivity index (χ1) is 7.84. The van der Waals surface area contributed by atoms with Gasteiger partial charge < -0.3 is 13.7 Å². The third-order valence-corrected chi connectivity index (χ3v) is 4.89. The first-order valence-corrected chi connectivity index (χ1v) is 7.87. The second kappa shape index (κ2) is 6.98. The van der Waals surface area contributed by atoms with Crippen molar-refractivity contribution >= 4 is 16.5 Å². The second-order valence-corrected chi connectivity index (χ2v) is 6.67. The SMILES string of the molecule is [AlH2][N](CCN1CCCC1)CCN1CCCC1. The van der Waals surface area contributed by atoms with Crippen molar-refractivity contribution < 1.29 is 0 Å². The highest BCUT2D eigenvalue weighted by molar-refractivity contribution is 6.04. The predicted octanol–water partition coefficient (Wildman–Crippen LogP) is 0.0281. The van der Waals surface area contributed by atoms with Gasteiger partial charge in [-0.25, -0.2) is 0 Å². The van der Waals surface area contributed by atoms with Gasteiger partial charge in [0.05, 0.1) is 0 Å². The molecular weight excluding hydrogens is 213 g/mol. The molecule has 0 N–H and O–H groups in total. The molecule has 0 spiro atoms. The standard InChI is InChI=1S/C12H24N3.Al.2H/c1-2-8-14(7-1)11-5-13-6-12-15-9-3-4-10-15;;;/h1-12H2;;;/q-1;+1;;. The minimum Gasteiger partial charge on any atom is -0.388 e. The van der Waals surface area contributed by atoms with Gasteiger partial charge in [0, 0.05) is 13.1 Å². The molecule has 2 aliphatic rings. The van der Waals surface area contributed by atoms with Gasteiger partial charge in [0.2, 0.25) is 0 Å². The molecule has 0 unspecified atom stereocenters. The van der Waals surface area contributed by atoms with Crippen LogP contribution in [0.25, 0.3) is 0 Å². The lowest BCUT2D eigenvalue weighted by atomic mass is 10.4. The van der Waals surface area contributed by atoms with Crippen LogP contribution in [0.4, 0.5) is 0 Å². The molecule has 2 saturated heterocycles. The second-order valence-electron chi connectivity index (χ2n) is 5.40. The van der Waals surface area contributed by atoms with Gasteiger partial charge in [-0.05, 0) is 65.0 Å². The lowest BCUT2D eigenvalue weighted by Crippen LogP contribution is -2.37. The van der Waals surface area contributed by atoms with E-state index in [0.717, 1.165) is 0 Å². The number of nitrogens with zero attached hydrogens (tertiary/aromatic N) is 3. The van der Waals surface area contributed by atoms with Crippen molar-refractivity contribution in [2.75, 3.05) is 52.4 Å². The fraction of sp³-hybridized carbons (Fsp3) is 1.00. The van der Waals surface area contributed by atoms with Gasteiger partial charge in [0.1, 0.15) is 0 Å². The number of hydrogen-bond acceptors (Lipinski definition) is 3. The van der Waals surface area contributed by atoms with Crippen molar-refractivity contribution in [3.63, 3.8) is 0 Å². The van der Waals surface area contributed by atoms with E-state index >= 15 is 0 Å². The number of hydrogen-bond donors (Lipinski definition) is 0. The van der Waals surface area contributed by atoms with Crippen molar-refractivity contribution in [2.24, 2.45) is 0 Å². The Morgan fingerprint density at radius 3 is 1.50 bits per heavy atom. The molecule has 0 aliphatic carbocycles. The summed E-state index contributed by atoms with van der Waals surface area (Å²) in [6.07, 6.45) is 5.70. The summed E-state index contributed by atoms with van der Waals surface area (Å²) < 4.78 is 2.64. The molecule has 0 atom stereocenters. The summed E-state index contributed by atoms with van der Waals surface area (Å²) in [6.45, 7) is 10.6. The quantitative estimate of drug-likeness (QED) is 0.606. The van der Waals surface area contributed by atoms with Crippen LogP contribution in [0.2, 0.25) is 0 Å². The fourth-order valence-corrected chi connectivity index (χ4v) is 3.15. The molecule has 0 amide bonds. The van der Waals surface area contributed by atoms with Crippen LogP contribution in [-0.2, 0) is 0 Å². The largest absolute Gasteiger partial charge is 0.388 e. The van der Waals surface area contributed by atoms with Crippen LogP contribution in [0.1, 0.15) is 25.7 Å². The summed E-state index contributed by atoms with van der Waals surface area (Å²) in [5.41, 5.74) is 0. The van der Waals surface area contributed by atoms with Gasteiger partial charge in [-0.3, -0.25) is 0 Å². The molecule has 16 heavy (non-hydrogen) atoms. The van der Waals surface area contributed by atoms with Crippen LogP contribution in [0, 0.1) is 0 Å². The summed E-state index contributed by atoms with van der Waals surface area (Å²) in [5, 5.41) is 0. The van der Waals surface area contributed by atoms with Crippen molar-refractivity contribution in [3.8, 4) is 0 Å². The maximum absolute atomic E-state index is 2.64. The summed E-state index contributed by atoms with van der Waals surface area (Å²) >= 11 is 1.23. The van der Waals surface area contributed by atoms with E-state index in [2.05, 4.69) is 13.7 Å². The van der Waals surface area contributed by atoms with Crippen LogP contribution < -0.4 is 0 Å². The summed E-state index contributed by atoms with van der Waals surface area (Å²) in [7, 11) is 0. The van der Waals surface area contributed by atoms with Crippen molar-refractivity contribution in [2.45, 2.75) is 25.7 Å². The number of rotatable bonds is 6. The molecule has 2 rings (SSSR count). The fourth-order valence-electron chi connectivity index (χ4n) is 2.75. The van der Waals surface area contributed by atoms with Crippen molar-refractivity contribution in [1.29, 1.82) is 0 Å². The number of likely N-dealkylation sites (tertiary alicyclic amines) is 2. The maximum atomic E-state index is 2.64. The third-order valence-electron chi connectivity index (χ3n) is 3.99. The molecule has 3 nitrogen and oxygen atoms in total. The van der Waals surface area contributed by atoms with Crippen LogP contribution in [0.5, 0.6) is 0 Å². The first-order valence-electron chi connectivity index (χ1n) is 6.98. The Labute approximate surface area is 108 Å². The van der Waals surface area contributed by atoms with Gasteiger partial charge in [0.25, 0.3) is 0 Å². The van der Waals surface area contributed by atoms with Crippen LogP contribution in [0.15, 0.2) is 0 Å². The van der Waals surface area contributed by atoms with Crippen LogP contribution in [0.3, 0.4) is 0 Å². The van der Waals surface area contributed by atoms with E-state index < -0.39 is 0 Å². The molecule has 0 aromatic rings. The Hall–Kier alpha value is 0.412. The van der Waals surface area contributed by atoms with E-state index in [-0.39, 0.29) is 0 Å². The minimum atomic E-state index is 1.23. The monoisotopic (exact) mass is 239 g/mol. The molecule has 4 heteroatoms. The minimum absolute atomic E-state index is 1.23. The van der Waals surface area contributed by atoms with E-state index in [4.69, 9.17) is 0 Å². The molecular formula is C12H26AlN3. The van der Waals surface area contributed by atoms with Gasteiger partial charge in [0.15, 0.2) is 0 Å². The Morgan fingerprint density at radius 1 is 0.750 bits per heavy atom. The highest BCUT2D eigenvalue weighted by Gasteiger charge is 2.13. The van der Waals surface area contributed by atoms with Crippen molar-refractivity contribution in [1.82, 2.24) is 13.7 Å². The first kappa shape index (κ1) is 12.9. The lowest BCUT2D eigenvalue weighted by molar-refractivity contribution is 0.268. The zero-order valence-electron chi connectivity index (χ0n) is 10.8. The van der Waals surface area contributed by atoms with Crippen LogP contribution >= 0.6 is 0 Å². The van der Waals surface area contributed by atoms with E-state index in [1.165, 1.54) is 94.6 Å². The third kappa shape index (κ3) is 4.35. The molecule has 0 aromatic heterocycles. The van der Waals surface area contributed by atoms with Gasteiger partial charge in [-0.15, -0.1) is 0 Å². The Balaban J connectivity index is 1.51. The molecule has 92 valence electrons. The topological polar surface area (TPSA) is 9.72 Å². The molecule has 2 aliphatic heterocycles. The average Bonchev–Trinajstić information content (AvgIpc) is 2.96. The summed E-state index contributed by atoms with van der Waals surface area (Å²) in [5.74, 6) is 0.